The number of carbonyl (C=O) groups is 5. The van der Waals surface area contributed by atoms with E-state index >= 15 is 0 Å². The first-order chi connectivity index (χ1) is 32.5. The Hall–Kier alpha value is -7.51. The number of aliphatic imine (C=N–C) groups is 1. The average Bonchev–Trinajstić information content (AvgIpc) is 4.04. The van der Waals surface area contributed by atoms with Crippen LogP contribution in [0.2, 0.25) is 0 Å². The largest absolute Gasteiger partial charge is 0.456 e. The van der Waals surface area contributed by atoms with E-state index in [-0.39, 0.29) is 78.7 Å². The number of alkyl carbamates (subject to hydrolysis) is 2. The van der Waals surface area contributed by atoms with Crippen LogP contribution in [0.3, 0.4) is 0 Å². The molecule has 0 aliphatic carbocycles. The third-order valence-electron chi connectivity index (χ3n) is 11.8. The number of ether oxygens (including phenoxy) is 3. The zero-order valence-electron chi connectivity index (χ0n) is 36.4. The number of aliphatic hydroxyl groups excluding tert-OH is 1. The van der Waals surface area contributed by atoms with Crippen molar-refractivity contribution in [2.45, 2.75) is 76.0 Å². The molecule has 358 valence electrons. The summed E-state index contributed by atoms with van der Waals surface area (Å²) in [5.74, 6) is -2.84. The number of nitro benzene ring substituents is 3. The summed E-state index contributed by atoms with van der Waals surface area (Å²) in [6, 6.07) is 14.4. The molecule has 68 heavy (non-hydrogen) atoms. The van der Waals surface area contributed by atoms with Gasteiger partial charge in [0, 0.05) is 72.1 Å². The summed E-state index contributed by atoms with van der Waals surface area (Å²) in [6.07, 6.45) is -2.35. The highest BCUT2D eigenvalue weighted by molar-refractivity contribution is 8.03. The maximum atomic E-state index is 13.9. The Labute approximate surface area is 390 Å². The molecule has 4 N–H and O–H groups in total. The van der Waals surface area contributed by atoms with Crippen LogP contribution >= 0.6 is 11.8 Å². The van der Waals surface area contributed by atoms with Crippen LogP contribution in [0.4, 0.5) is 26.7 Å². The Balaban J connectivity index is 0.983. The molecule has 4 aliphatic rings. The van der Waals surface area contributed by atoms with Gasteiger partial charge < -0.3 is 34.4 Å². The number of rotatable bonds is 15. The molecular weight excluding hydrogens is 915 g/mol. The molecule has 25 heteroatoms. The number of guanidine groups is 1. The summed E-state index contributed by atoms with van der Waals surface area (Å²) < 4.78 is 16.1. The molecule has 0 saturated carbocycles. The fourth-order valence-electron chi connectivity index (χ4n) is 8.30. The molecular formula is C43H45N9O15S. The van der Waals surface area contributed by atoms with Crippen LogP contribution in [0, 0.1) is 42.2 Å². The van der Waals surface area contributed by atoms with E-state index in [4.69, 9.17) is 14.2 Å². The Kier molecular flexibility index (Phi) is 14.9. The number of thioether (sulfide) groups is 1. The topological polar surface area (TPSA) is 318 Å². The van der Waals surface area contributed by atoms with Gasteiger partial charge in [0.25, 0.3) is 17.1 Å². The minimum atomic E-state index is -1.04. The number of nitrogens with zero attached hydrogens (tertiary/aromatic N) is 6. The number of carbonyl (C=O) groups excluding carboxylic acids is 5. The van der Waals surface area contributed by atoms with Crippen LogP contribution < -0.4 is 16.0 Å². The van der Waals surface area contributed by atoms with Gasteiger partial charge in [-0.1, -0.05) is 6.92 Å². The lowest BCUT2D eigenvalue weighted by Crippen LogP contribution is -2.63. The number of aliphatic hydroxyl groups is 1. The monoisotopic (exact) mass is 959 g/mol. The fourth-order valence-corrected chi connectivity index (χ4v) is 9.77. The molecule has 3 aromatic carbocycles. The molecule has 0 radical (unpaired) electrons. The predicted molar refractivity (Wildman–Crippen MR) is 238 cm³/mol. The Morgan fingerprint density at radius 3 is 1.78 bits per heavy atom. The van der Waals surface area contributed by atoms with E-state index in [1.165, 1.54) is 96.4 Å². The summed E-state index contributed by atoms with van der Waals surface area (Å²) in [5, 5.41) is 51.3. The number of likely N-dealkylation sites (tertiary alicyclic amines) is 1. The number of hydrogen-bond donors (Lipinski definition) is 4. The van der Waals surface area contributed by atoms with Crippen molar-refractivity contribution in [3.63, 3.8) is 0 Å². The summed E-state index contributed by atoms with van der Waals surface area (Å²) in [7, 11) is 0. The Bertz CT molecular complexity index is 2460. The van der Waals surface area contributed by atoms with Gasteiger partial charge >= 0.3 is 18.2 Å². The van der Waals surface area contributed by atoms with Gasteiger partial charge in [0.2, 0.25) is 17.8 Å². The van der Waals surface area contributed by atoms with Gasteiger partial charge in [0.1, 0.15) is 25.5 Å². The van der Waals surface area contributed by atoms with E-state index in [1.807, 2.05) is 6.92 Å². The average molecular weight is 960 g/mol. The van der Waals surface area contributed by atoms with Crippen molar-refractivity contribution in [3.05, 3.63) is 130 Å². The molecule has 7 atom stereocenters. The van der Waals surface area contributed by atoms with Crippen molar-refractivity contribution < 1.29 is 58.1 Å². The van der Waals surface area contributed by atoms with Gasteiger partial charge in [-0.15, -0.1) is 11.8 Å². The second-order valence-corrected chi connectivity index (χ2v) is 17.7. The fraction of sp³-hybridized carbons (Fsp3) is 0.395. The molecule has 3 saturated heterocycles. The normalized spacial score (nSPS) is 22.1. The first-order valence-corrected chi connectivity index (χ1v) is 22.1. The van der Waals surface area contributed by atoms with Crippen LogP contribution in [-0.2, 0) is 48.4 Å². The van der Waals surface area contributed by atoms with Crippen molar-refractivity contribution in [1.82, 2.24) is 25.8 Å². The molecule has 0 bridgehead atoms. The molecule has 0 unspecified atom stereocenters. The summed E-state index contributed by atoms with van der Waals surface area (Å²) in [6.45, 7) is 3.35. The van der Waals surface area contributed by atoms with Gasteiger partial charge in [0.05, 0.1) is 44.9 Å². The van der Waals surface area contributed by atoms with Gasteiger partial charge in [-0.05, 0) is 72.9 Å². The highest BCUT2D eigenvalue weighted by atomic mass is 32.2. The lowest BCUT2D eigenvalue weighted by atomic mass is 9.79. The number of nitro groups is 3. The molecule has 3 aromatic rings. The van der Waals surface area contributed by atoms with Crippen molar-refractivity contribution >= 4 is 64.8 Å². The molecule has 3 fully saturated rings. The lowest BCUT2D eigenvalue weighted by molar-refractivity contribution is -0.385. The summed E-state index contributed by atoms with van der Waals surface area (Å²) in [5.41, 5.74) is 0.994. The third kappa shape index (κ3) is 11.2. The lowest BCUT2D eigenvalue weighted by Gasteiger charge is -2.46. The number of fused-ring (bicyclic) bond motifs is 1. The summed E-state index contributed by atoms with van der Waals surface area (Å²) >= 11 is 1.36. The maximum absolute atomic E-state index is 13.9. The SMILES string of the molecule is C[C@@H](O)[C@H]1C(=O)N2C(C(=O)OCc3ccc([N+](=O)[O-])cc3)=C(S[C@@H]3CN[C@H](C(=O)N4CC[C@H](N=C(NC(=O)OCc5ccc([N+](=O)[O-])cc5)NC(=O)OCc5ccc([N+](=O)[O-])cc5)C4)C3)[C@H](C)[C@H]12. The van der Waals surface area contributed by atoms with Gasteiger partial charge in [-0.25, -0.2) is 19.4 Å². The van der Waals surface area contributed by atoms with E-state index in [9.17, 15) is 59.4 Å². The molecule has 0 aromatic heterocycles. The van der Waals surface area contributed by atoms with Crippen molar-refractivity contribution in [1.29, 1.82) is 0 Å². The van der Waals surface area contributed by atoms with E-state index in [2.05, 4.69) is 20.9 Å². The zero-order chi connectivity index (χ0) is 48.8. The van der Waals surface area contributed by atoms with Crippen LogP contribution in [0.1, 0.15) is 43.4 Å². The molecule has 4 amide bonds. The van der Waals surface area contributed by atoms with Crippen LogP contribution in [0.25, 0.3) is 0 Å². The maximum Gasteiger partial charge on any atom is 0.414 e. The summed E-state index contributed by atoms with van der Waals surface area (Å²) in [4.78, 5) is 106. The van der Waals surface area contributed by atoms with Crippen LogP contribution in [0.15, 0.2) is 88.4 Å². The van der Waals surface area contributed by atoms with E-state index < -0.39 is 69.0 Å². The number of non-ortho nitro benzene ring substituents is 3. The number of nitrogens with one attached hydrogen (secondary N) is 3. The molecule has 7 rings (SSSR count). The second kappa shape index (κ2) is 21.0. The number of amides is 4. The number of β-lactam (4-membered cyclic amide) rings is 1. The third-order valence-corrected chi connectivity index (χ3v) is 13.3. The highest BCUT2D eigenvalue weighted by Gasteiger charge is 2.60. The smallest absolute Gasteiger partial charge is 0.414 e. The minimum absolute atomic E-state index is 0.0646. The van der Waals surface area contributed by atoms with E-state index in [0.29, 0.717) is 41.0 Å². The van der Waals surface area contributed by atoms with Crippen molar-refractivity contribution in [2.24, 2.45) is 16.8 Å². The Morgan fingerprint density at radius 1 is 0.824 bits per heavy atom. The van der Waals surface area contributed by atoms with Gasteiger partial charge in [-0.2, -0.15) is 0 Å². The Morgan fingerprint density at radius 2 is 1.31 bits per heavy atom. The van der Waals surface area contributed by atoms with Gasteiger partial charge in [0.15, 0.2) is 0 Å². The van der Waals surface area contributed by atoms with Gasteiger partial charge in [-0.3, -0.25) is 50.6 Å². The zero-order valence-corrected chi connectivity index (χ0v) is 37.2. The van der Waals surface area contributed by atoms with E-state index in [1.54, 1.807) is 4.90 Å². The molecule has 4 aliphatic heterocycles. The molecule has 0 spiro atoms. The number of esters is 1. The number of benzene rings is 3. The minimum Gasteiger partial charge on any atom is -0.456 e. The first-order valence-electron chi connectivity index (χ1n) is 21.2. The highest BCUT2D eigenvalue weighted by Crippen LogP contribution is 2.52. The molecule has 4 heterocycles. The van der Waals surface area contributed by atoms with Crippen LogP contribution in [-0.4, -0.2) is 115 Å². The van der Waals surface area contributed by atoms with Crippen molar-refractivity contribution in [2.75, 3.05) is 19.6 Å². The van der Waals surface area contributed by atoms with E-state index in [0.717, 1.165) is 0 Å². The molecule has 24 nitrogen and oxygen atoms in total. The quantitative estimate of drug-likeness (QED) is 0.0320. The second-order valence-electron chi connectivity index (χ2n) is 16.4. The first kappa shape index (κ1) is 48.4. The van der Waals surface area contributed by atoms with Crippen LogP contribution in [0.5, 0.6) is 0 Å². The van der Waals surface area contributed by atoms with Crippen molar-refractivity contribution in [3.8, 4) is 0 Å². The standard InChI is InChI=1S/C43H45N9O15S/c1-23-35-34(24(2)53)39(55)49(35)36(40(56)65-20-25-3-9-29(10-4-25)50(59)60)37(23)68-32-17-33(44-18-32)38(54)48-16-15-28(19-48)45-41(46-42(57)66-21-26-5-11-30(12-6-26)51(61)62)47-43(58)67-22-27-7-13-31(14-8-27)52(63)64/h3-14,23-24,28,32-35,44,53H,15-22H2,1-2H3,(H2,45,46,47,57,58)/t23-,24-,28+,32+,33+,34-,35-/m1/s1. The number of hydrogen-bond acceptors (Lipinski definition) is 18. The predicted octanol–water partition coefficient (Wildman–Crippen LogP) is 3.80.